The summed E-state index contributed by atoms with van der Waals surface area (Å²) in [7, 11) is 0. The molecule has 1 unspecified atom stereocenters. The minimum absolute atomic E-state index is 0.0157. The molecule has 0 aliphatic carbocycles. The van der Waals surface area contributed by atoms with Crippen LogP contribution in [0.5, 0.6) is 0 Å². The molecule has 8 nitrogen and oxygen atoms in total. The van der Waals surface area contributed by atoms with Gasteiger partial charge >= 0.3 is 0 Å². The van der Waals surface area contributed by atoms with Crippen molar-refractivity contribution in [3.63, 3.8) is 0 Å². The molecule has 2 amide bonds. The number of para-hydroxylation sites is 1. The molecule has 0 spiro atoms. The van der Waals surface area contributed by atoms with Crippen molar-refractivity contribution < 1.29 is 14.7 Å². The average Bonchev–Trinajstić information content (AvgIpc) is 3.12. The fourth-order valence-electron chi connectivity index (χ4n) is 4.49. The van der Waals surface area contributed by atoms with E-state index < -0.39 is 5.60 Å². The number of aromatic nitrogens is 2. The lowest BCUT2D eigenvalue weighted by molar-refractivity contribution is -0.140. The quantitative estimate of drug-likeness (QED) is 0.809. The van der Waals surface area contributed by atoms with Crippen LogP contribution in [-0.2, 0) is 16.1 Å². The van der Waals surface area contributed by atoms with Crippen LogP contribution in [0.3, 0.4) is 0 Å². The predicted molar refractivity (Wildman–Crippen MR) is 112 cm³/mol. The molecule has 30 heavy (non-hydrogen) atoms. The number of fused-ring (bicyclic) bond motifs is 1. The Morgan fingerprint density at radius 1 is 1.23 bits per heavy atom. The highest BCUT2D eigenvalue weighted by Gasteiger charge is 2.40. The molecule has 2 aliphatic heterocycles. The lowest BCUT2D eigenvalue weighted by Gasteiger charge is -2.39. The van der Waals surface area contributed by atoms with Gasteiger partial charge in [-0.2, -0.15) is 0 Å². The number of rotatable bonds is 4. The van der Waals surface area contributed by atoms with Gasteiger partial charge in [-0.25, -0.2) is 4.98 Å². The number of carbonyl (C=O) groups excluding carboxylic acids is 2. The molecule has 160 valence electrons. The Morgan fingerprint density at radius 3 is 2.60 bits per heavy atom. The molecule has 8 heteroatoms. The molecule has 2 aliphatic rings. The van der Waals surface area contributed by atoms with Crippen LogP contribution in [0.2, 0.25) is 0 Å². The van der Waals surface area contributed by atoms with Crippen LogP contribution < -0.4 is 5.56 Å². The van der Waals surface area contributed by atoms with E-state index in [1.807, 2.05) is 19.9 Å². The minimum atomic E-state index is -1.07. The molecule has 0 radical (unpaired) electrons. The van der Waals surface area contributed by atoms with E-state index in [0.29, 0.717) is 43.4 Å². The Hall–Kier alpha value is -2.74. The van der Waals surface area contributed by atoms with Gasteiger partial charge in [0.15, 0.2) is 0 Å². The molecule has 1 atom stereocenters. The van der Waals surface area contributed by atoms with E-state index in [1.54, 1.807) is 28.0 Å². The number of piperidine rings is 1. The first-order valence-electron chi connectivity index (χ1n) is 10.5. The van der Waals surface area contributed by atoms with Gasteiger partial charge in [0.05, 0.1) is 35.3 Å². The van der Waals surface area contributed by atoms with Gasteiger partial charge in [-0.15, -0.1) is 0 Å². The lowest BCUT2D eigenvalue weighted by Crippen LogP contribution is -2.51. The van der Waals surface area contributed by atoms with Crippen molar-refractivity contribution in [2.75, 3.05) is 19.6 Å². The molecule has 0 saturated carbocycles. The van der Waals surface area contributed by atoms with Crippen LogP contribution in [0.25, 0.3) is 10.9 Å². The fourth-order valence-corrected chi connectivity index (χ4v) is 4.49. The first-order valence-corrected chi connectivity index (χ1v) is 10.5. The molecular weight excluding hydrogens is 384 g/mol. The van der Waals surface area contributed by atoms with Gasteiger partial charge < -0.3 is 14.9 Å². The lowest BCUT2D eigenvalue weighted by atomic mass is 9.90. The van der Waals surface area contributed by atoms with Gasteiger partial charge in [-0.05, 0) is 38.8 Å². The number of carbonyl (C=O) groups is 2. The van der Waals surface area contributed by atoms with E-state index >= 15 is 0 Å². The zero-order chi connectivity index (χ0) is 21.5. The molecule has 2 saturated heterocycles. The number of likely N-dealkylation sites (tertiary alicyclic amines) is 2. The van der Waals surface area contributed by atoms with Gasteiger partial charge in [-0.3, -0.25) is 19.0 Å². The molecule has 3 heterocycles. The van der Waals surface area contributed by atoms with Crippen LogP contribution in [0, 0.1) is 5.92 Å². The first-order chi connectivity index (χ1) is 14.3. The van der Waals surface area contributed by atoms with Crippen LogP contribution in [-0.4, -0.2) is 67.5 Å². The summed E-state index contributed by atoms with van der Waals surface area (Å²) in [5.74, 6) is -0.295. The summed E-state index contributed by atoms with van der Waals surface area (Å²) in [4.78, 5) is 45.5. The van der Waals surface area contributed by atoms with Crippen LogP contribution >= 0.6 is 0 Å². The van der Waals surface area contributed by atoms with Gasteiger partial charge in [0.1, 0.15) is 0 Å². The summed E-state index contributed by atoms with van der Waals surface area (Å²) in [5, 5.41) is 11.6. The van der Waals surface area contributed by atoms with E-state index in [4.69, 9.17) is 0 Å². The van der Waals surface area contributed by atoms with Crippen LogP contribution in [0.4, 0.5) is 0 Å². The maximum atomic E-state index is 12.9. The maximum absolute atomic E-state index is 12.9. The number of hydrogen-bond acceptors (Lipinski definition) is 5. The molecule has 1 N–H and O–H groups in total. The summed E-state index contributed by atoms with van der Waals surface area (Å²) in [6.45, 7) is 5.35. The third-order valence-corrected chi connectivity index (χ3v) is 6.33. The van der Waals surface area contributed by atoms with Crippen molar-refractivity contribution in [2.45, 2.75) is 51.3 Å². The summed E-state index contributed by atoms with van der Waals surface area (Å²) >= 11 is 0. The number of nitrogens with zero attached hydrogens (tertiary/aromatic N) is 4. The van der Waals surface area contributed by atoms with Gasteiger partial charge in [0.25, 0.3) is 5.56 Å². The van der Waals surface area contributed by atoms with Crippen molar-refractivity contribution in [3.8, 4) is 0 Å². The van der Waals surface area contributed by atoms with Gasteiger partial charge in [0.2, 0.25) is 11.8 Å². The van der Waals surface area contributed by atoms with Crippen molar-refractivity contribution >= 4 is 22.7 Å². The Kier molecular flexibility index (Phi) is 5.36. The van der Waals surface area contributed by atoms with Gasteiger partial charge in [0, 0.05) is 32.1 Å². The first kappa shape index (κ1) is 20.5. The molecule has 4 rings (SSSR count). The summed E-state index contributed by atoms with van der Waals surface area (Å²) in [5.41, 5.74) is -0.612. The minimum Gasteiger partial charge on any atom is -0.388 e. The van der Waals surface area contributed by atoms with E-state index in [9.17, 15) is 19.5 Å². The Labute approximate surface area is 175 Å². The summed E-state index contributed by atoms with van der Waals surface area (Å²) in [6, 6.07) is 7.24. The zero-order valence-corrected chi connectivity index (χ0v) is 17.5. The highest BCUT2D eigenvalue weighted by molar-refractivity contribution is 5.89. The zero-order valence-electron chi connectivity index (χ0n) is 17.5. The van der Waals surface area contributed by atoms with Crippen molar-refractivity contribution in [1.29, 1.82) is 0 Å². The number of aliphatic hydroxyl groups is 1. The molecule has 2 aromatic rings. The van der Waals surface area contributed by atoms with Crippen molar-refractivity contribution in [2.24, 2.45) is 5.92 Å². The Bertz CT molecular complexity index is 1020. The van der Waals surface area contributed by atoms with E-state index in [-0.39, 0.29) is 42.3 Å². The third kappa shape index (κ3) is 3.84. The van der Waals surface area contributed by atoms with E-state index in [0.717, 1.165) is 0 Å². The van der Waals surface area contributed by atoms with E-state index in [1.165, 1.54) is 10.9 Å². The average molecular weight is 412 g/mol. The van der Waals surface area contributed by atoms with Gasteiger partial charge in [-0.1, -0.05) is 12.1 Å². The normalized spacial score (nSPS) is 21.6. The molecule has 1 aromatic heterocycles. The summed E-state index contributed by atoms with van der Waals surface area (Å²) < 4.78 is 1.45. The SMILES string of the molecule is CC(C)N1CC(C(=O)N2CCC(O)(Cn3cnc4ccccc4c3=O)CC2)CC1=O. The van der Waals surface area contributed by atoms with Crippen molar-refractivity contribution in [1.82, 2.24) is 19.4 Å². The largest absolute Gasteiger partial charge is 0.388 e. The second-order valence-electron chi connectivity index (χ2n) is 8.79. The Balaban J connectivity index is 1.40. The van der Waals surface area contributed by atoms with Crippen LogP contribution in [0.1, 0.15) is 33.1 Å². The van der Waals surface area contributed by atoms with Crippen LogP contribution in [0.15, 0.2) is 35.4 Å². The molecule has 2 fully saturated rings. The monoisotopic (exact) mass is 412 g/mol. The maximum Gasteiger partial charge on any atom is 0.261 e. The smallest absolute Gasteiger partial charge is 0.261 e. The Morgan fingerprint density at radius 2 is 1.93 bits per heavy atom. The molecule has 1 aromatic carbocycles. The second-order valence-corrected chi connectivity index (χ2v) is 8.79. The molecule has 0 bridgehead atoms. The second kappa shape index (κ2) is 7.83. The highest BCUT2D eigenvalue weighted by atomic mass is 16.3. The number of amides is 2. The highest BCUT2D eigenvalue weighted by Crippen LogP contribution is 2.28. The standard InChI is InChI=1S/C22H28N4O4/c1-15(2)26-12-16(11-19(26)27)20(28)24-9-7-22(30,8-10-24)13-25-14-23-18-6-4-3-5-17(18)21(25)29/h3-6,14-16,30H,7-13H2,1-2H3. The van der Waals surface area contributed by atoms with E-state index in [2.05, 4.69) is 4.98 Å². The predicted octanol–water partition coefficient (Wildman–Crippen LogP) is 1.01. The van der Waals surface area contributed by atoms with Crippen molar-refractivity contribution in [3.05, 3.63) is 40.9 Å². The third-order valence-electron chi connectivity index (χ3n) is 6.33. The molecular formula is C22H28N4O4. The number of hydrogen-bond donors (Lipinski definition) is 1. The fraction of sp³-hybridized carbons (Fsp3) is 0.545. The topological polar surface area (TPSA) is 95.7 Å². The summed E-state index contributed by atoms with van der Waals surface area (Å²) in [6.07, 6.45) is 2.50. The number of benzene rings is 1.